The lowest BCUT2D eigenvalue weighted by molar-refractivity contribution is -0.142. The highest BCUT2D eigenvalue weighted by atomic mass is 16.4. The Kier molecular flexibility index (Phi) is 6.40. The molecule has 2 unspecified atom stereocenters. The quantitative estimate of drug-likeness (QED) is 0.664. The summed E-state index contributed by atoms with van der Waals surface area (Å²) in [5, 5.41) is 9.71. The van der Waals surface area contributed by atoms with E-state index in [4.69, 9.17) is 5.73 Å². The number of aliphatic imine (C=N–C) groups is 1. The Morgan fingerprint density at radius 1 is 1.35 bits per heavy atom. The summed E-state index contributed by atoms with van der Waals surface area (Å²) in [6.07, 6.45) is 12.5. The van der Waals surface area contributed by atoms with Crippen LogP contribution >= 0.6 is 0 Å². The molecule has 2 fully saturated rings. The lowest BCUT2D eigenvalue weighted by atomic mass is 9.82. The molecule has 0 amide bonds. The monoisotopic (exact) mass is 320 g/mol. The van der Waals surface area contributed by atoms with Crippen LogP contribution in [0.15, 0.2) is 16.8 Å². The van der Waals surface area contributed by atoms with Crippen molar-refractivity contribution in [2.75, 3.05) is 6.54 Å². The van der Waals surface area contributed by atoms with Crippen molar-refractivity contribution in [2.24, 2.45) is 33.9 Å². The molecule has 4 heteroatoms. The van der Waals surface area contributed by atoms with Crippen molar-refractivity contribution in [3.05, 3.63) is 11.8 Å². The molecular formula is C19H32N2O2. The second kappa shape index (κ2) is 8.09. The van der Waals surface area contributed by atoms with Crippen LogP contribution in [0.4, 0.5) is 0 Å². The highest BCUT2D eigenvalue weighted by Gasteiger charge is 2.62. The van der Waals surface area contributed by atoms with E-state index in [-0.39, 0.29) is 5.92 Å². The predicted molar refractivity (Wildman–Crippen MR) is 94.5 cm³/mol. The highest BCUT2D eigenvalue weighted by Crippen LogP contribution is 2.60. The summed E-state index contributed by atoms with van der Waals surface area (Å²) in [6.45, 7) is 4.85. The standard InChI is InChI=1S/C19H32N2O2/c1-3-17(19(18(22)23)13-16(19)5-4-11-20)21-12-10-15-8-6-14(2)7-9-15/h3,12,14-16H,4-11,13,20H2,1-2H3,(H,22,23)/b17-3-,21-12?/t14-,15-,16?,19?. The first kappa shape index (κ1) is 18.2. The number of hydrogen-bond donors (Lipinski definition) is 2. The van der Waals surface area contributed by atoms with Gasteiger partial charge in [0.15, 0.2) is 0 Å². The number of hydrogen-bond acceptors (Lipinski definition) is 3. The number of nitrogens with zero attached hydrogens (tertiary/aromatic N) is 1. The molecule has 2 aliphatic rings. The molecule has 0 aromatic carbocycles. The second-order valence-corrected chi connectivity index (χ2v) is 7.46. The Bertz CT molecular complexity index is 464. The number of carboxylic acids is 1. The van der Waals surface area contributed by atoms with Gasteiger partial charge in [-0.1, -0.05) is 25.8 Å². The van der Waals surface area contributed by atoms with Gasteiger partial charge in [-0.15, -0.1) is 0 Å². The Morgan fingerprint density at radius 3 is 2.61 bits per heavy atom. The van der Waals surface area contributed by atoms with Gasteiger partial charge in [-0.3, -0.25) is 9.79 Å². The van der Waals surface area contributed by atoms with E-state index < -0.39 is 11.4 Å². The van der Waals surface area contributed by atoms with E-state index in [1.54, 1.807) is 0 Å². The van der Waals surface area contributed by atoms with E-state index in [0.29, 0.717) is 13.0 Å². The third-order valence-corrected chi connectivity index (χ3v) is 5.78. The first-order chi connectivity index (χ1) is 11.0. The summed E-state index contributed by atoms with van der Waals surface area (Å²) in [6, 6.07) is 0. The molecule has 0 aromatic rings. The fraction of sp³-hybridized carbons (Fsp3) is 0.789. The fourth-order valence-electron chi connectivity index (χ4n) is 4.04. The molecule has 4 nitrogen and oxygen atoms in total. The van der Waals surface area contributed by atoms with Gasteiger partial charge in [0.1, 0.15) is 5.41 Å². The van der Waals surface area contributed by atoms with Crippen LogP contribution in [0.1, 0.15) is 65.2 Å². The number of allylic oxidation sites excluding steroid dienone is 1. The zero-order valence-corrected chi connectivity index (χ0v) is 14.6. The topological polar surface area (TPSA) is 75.7 Å². The average molecular weight is 320 g/mol. The maximum atomic E-state index is 11.8. The molecule has 0 aromatic heterocycles. The second-order valence-electron chi connectivity index (χ2n) is 7.46. The van der Waals surface area contributed by atoms with E-state index in [1.807, 2.05) is 19.2 Å². The van der Waals surface area contributed by atoms with Gasteiger partial charge in [-0.25, -0.2) is 0 Å². The third-order valence-electron chi connectivity index (χ3n) is 5.78. The SMILES string of the molecule is C/C=C(\N=CC[C@H]1CC[C@H](C)CC1)C1(C(=O)O)CC1CCCN. The van der Waals surface area contributed by atoms with Gasteiger partial charge in [-0.05, 0) is 69.7 Å². The van der Waals surface area contributed by atoms with Gasteiger partial charge in [-0.2, -0.15) is 0 Å². The maximum absolute atomic E-state index is 11.8. The van der Waals surface area contributed by atoms with Crippen molar-refractivity contribution in [3.8, 4) is 0 Å². The zero-order valence-electron chi connectivity index (χ0n) is 14.6. The molecule has 2 aliphatic carbocycles. The molecule has 0 bridgehead atoms. The van der Waals surface area contributed by atoms with Gasteiger partial charge < -0.3 is 10.8 Å². The van der Waals surface area contributed by atoms with Crippen LogP contribution in [0.3, 0.4) is 0 Å². The predicted octanol–water partition coefficient (Wildman–Crippen LogP) is 4.01. The minimum Gasteiger partial charge on any atom is -0.481 e. The van der Waals surface area contributed by atoms with E-state index in [1.165, 1.54) is 25.7 Å². The molecule has 0 saturated heterocycles. The number of carboxylic acid groups (broad SMARTS) is 1. The molecule has 2 atom stereocenters. The van der Waals surface area contributed by atoms with E-state index in [0.717, 1.165) is 36.8 Å². The lowest BCUT2D eigenvalue weighted by Gasteiger charge is -2.24. The molecule has 130 valence electrons. The molecule has 0 aliphatic heterocycles. The molecular weight excluding hydrogens is 288 g/mol. The first-order valence-electron chi connectivity index (χ1n) is 9.17. The largest absolute Gasteiger partial charge is 0.481 e. The van der Waals surface area contributed by atoms with Crippen LogP contribution in [0.2, 0.25) is 0 Å². The van der Waals surface area contributed by atoms with Gasteiger partial charge in [0.25, 0.3) is 0 Å². The van der Waals surface area contributed by atoms with Crippen molar-refractivity contribution in [3.63, 3.8) is 0 Å². The Morgan fingerprint density at radius 2 is 2.04 bits per heavy atom. The van der Waals surface area contributed by atoms with Gasteiger partial charge in [0, 0.05) is 6.21 Å². The highest BCUT2D eigenvalue weighted by molar-refractivity contribution is 5.83. The van der Waals surface area contributed by atoms with Crippen LogP contribution in [-0.4, -0.2) is 23.8 Å². The molecule has 2 rings (SSSR count). The Labute approximate surface area is 140 Å². The summed E-state index contributed by atoms with van der Waals surface area (Å²) in [4.78, 5) is 16.4. The molecule has 23 heavy (non-hydrogen) atoms. The van der Waals surface area contributed by atoms with E-state index in [9.17, 15) is 9.90 Å². The Hall–Kier alpha value is -1.16. The average Bonchev–Trinajstić information content (AvgIpc) is 3.27. The first-order valence-corrected chi connectivity index (χ1v) is 9.17. The number of aliphatic carboxylic acids is 1. The maximum Gasteiger partial charge on any atom is 0.316 e. The summed E-state index contributed by atoms with van der Waals surface area (Å²) in [5.74, 6) is 1.05. The van der Waals surface area contributed by atoms with Crippen LogP contribution in [0.25, 0.3) is 0 Å². The van der Waals surface area contributed by atoms with Crippen molar-refractivity contribution in [1.29, 1.82) is 0 Å². The van der Waals surface area contributed by atoms with Crippen LogP contribution in [-0.2, 0) is 4.79 Å². The van der Waals surface area contributed by atoms with Crippen molar-refractivity contribution in [2.45, 2.75) is 65.2 Å². The number of rotatable bonds is 8. The summed E-state index contributed by atoms with van der Waals surface area (Å²) >= 11 is 0. The molecule has 0 heterocycles. The molecule has 2 saturated carbocycles. The van der Waals surface area contributed by atoms with Crippen molar-refractivity contribution < 1.29 is 9.90 Å². The van der Waals surface area contributed by atoms with Gasteiger partial charge in [0.2, 0.25) is 0 Å². The molecule has 3 N–H and O–H groups in total. The Balaban J connectivity index is 1.93. The fourth-order valence-corrected chi connectivity index (χ4v) is 4.04. The van der Waals surface area contributed by atoms with Crippen LogP contribution < -0.4 is 5.73 Å². The van der Waals surface area contributed by atoms with Crippen LogP contribution in [0.5, 0.6) is 0 Å². The summed E-state index contributed by atoms with van der Waals surface area (Å²) in [5.41, 5.74) is 5.56. The number of nitrogens with two attached hydrogens (primary N) is 1. The molecule has 0 spiro atoms. The van der Waals surface area contributed by atoms with Crippen LogP contribution in [0, 0.1) is 23.2 Å². The number of carbonyl (C=O) groups is 1. The van der Waals surface area contributed by atoms with Crippen molar-refractivity contribution >= 4 is 12.2 Å². The summed E-state index contributed by atoms with van der Waals surface area (Å²) in [7, 11) is 0. The zero-order chi connectivity index (χ0) is 16.9. The third kappa shape index (κ3) is 4.23. The summed E-state index contributed by atoms with van der Waals surface area (Å²) < 4.78 is 0. The van der Waals surface area contributed by atoms with Crippen molar-refractivity contribution in [1.82, 2.24) is 0 Å². The minimum absolute atomic E-state index is 0.197. The molecule has 0 radical (unpaired) electrons. The van der Waals surface area contributed by atoms with E-state index >= 15 is 0 Å². The normalized spacial score (nSPS) is 34.7. The smallest absolute Gasteiger partial charge is 0.316 e. The van der Waals surface area contributed by atoms with Gasteiger partial charge in [0.05, 0.1) is 5.70 Å². The minimum atomic E-state index is -0.749. The lowest BCUT2D eigenvalue weighted by Crippen LogP contribution is -2.20. The van der Waals surface area contributed by atoms with E-state index in [2.05, 4.69) is 11.9 Å². The van der Waals surface area contributed by atoms with Gasteiger partial charge >= 0.3 is 5.97 Å².